The van der Waals surface area contributed by atoms with Crippen LogP contribution in [-0.4, -0.2) is 27.6 Å². The Morgan fingerprint density at radius 1 is 0.931 bits per heavy atom. The van der Waals surface area contributed by atoms with Gasteiger partial charge in [-0.3, -0.25) is 4.72 Å². The second-order valence-corrected chi connectivity index (χ2v) is 8.87. The second kappa shape index (κ2) is 7.73. The van der Waals surface area contributed by atoms with E-state index in [-0.39, 0.29) is 10.6 Å². The zero-order chi connectivity index (χ0) is 20.4. The highest BCUT2D eigenvalue weighted by Gasteiger charge is 2.21. The maximum Gasteiger partial charge on any atom is 0.265 e. The summed E-state index contributed by atoms with van der Waals surface area (Å²) in [6.07, 6.45) is 0. The number of hydrogen-bond acceptors (Lipinski definition) is 6. The van der Waals surface area contributed by atoms with Crippen LogP contribution in [0.25, 0.3) is 20.8 Å². The van der Waals surface area contributed by atoms with Gasteiger partial charge in [0.2, 0.25) is 0 Å². The fourth-order valence-corrected chi connectivity index (χ4v) is 5.11. The summed E-state index contributed by atoms with van der Waals surface area (Å²) in [5.74, 6) is 0.662. The van der Waals surface area contributed by atoms with E-state index in [1.54, 1.807) is 41.7 Å². The molecule has 6 nitrogen and oxygen atoms in total. The number of thiazole rings is 1. The Hall–Kier alpha value is -3.10. The van der Waals surface area contributed by atoms with Gasteiger partial charge in [-0.25, -0.2) is 13.4 Å². The molecule has 1 aromatic heterocycles. The average Bonchev–Trinajstić information content (AvgIpc) is 3.17. The Morgan fingerprint density at radius 3 is 2.52 bits per heavy atom. The number of benzene rings is 3. The molecule has 0 atom stereocenters. The van der Waals surface area contributed by atoms with Crippen LogP contribution in [0.2, 0.25) is 0 Å². The van der Waals surface area contributed by atoms with Crippen LogP contribution in [-0.2, 0) is 10.0 Å². The molecule has 1 heterocycles. The monoisotopic (exact) mass is 426 g/mol. The summed E-state index contributed by atoms with van der Waals surface area (Å²) < 4.78 is 40.0. The number of aromatic nitrogens is 1. The van der Waals surface area contributed by atoms with Crippen molar-refractivity contribution in [3.05, 3.63) is 66.7 Å². The minimum atomic E-state index is -3.88. The van der Waals surface area contributed by atoms with Gasteiger partial charge in [-0.15, -0.1) is 11.3 Å². The molecule has 148 valence electrons. The molecule has 0 aliphatic rings. The summed E-state index contributed by atoms with van der Waals surface area (Å²) in [5, 5.41) is 0.825. The predicted octanol–water partition coefficient (Wildman–Crippen LogP) is 4.78. The third-order valence-electron chi connectivity index (χ3n) is 4.32. The number of nitrogens with one attached hydrogen (secondary N) is 1. The molecule has 0 saturated heterocycles. The molecule has 0 saturated carbocycles. The number of nitrogens with zero attached hydrogens (tertiary/aromatic N) is 1. The minimum Gasteiger partial charge on any atom is -0.497 e. The number of rotatable bonds is 6. The van der Waals surface area contributed by atoms with Crippen LogP contribution in [0.3, 0.4) is 0 Å². The summed E-state index contributed by atoms with van der Waals surface area (Å²) in [4.78, 5) is 4.64. The Bertz CT molecular complexity index is 1250. The average molecular weight is 427 g/mol. The van der Waals surface area contributed by atoms with Gasteiger partial charge >= 0.3 is 0 Å². The molecule has 4 aromatic rings. The molecule has 0 radical (unpaired) electrons. The van der Waals surface area contributed by atoms with E-state index in [4.69, 9.17) is 9.47 Å². The molecule has 29 heavy (non-hydrogen) atoms. The van der Waals surface area contributed by atoms with Crippen LogP contribution in [0.1, 0.15) is 0 Å². The van der Waals surface area contributed by atoms with Crippen molar-refractivity contribution in [2.45, 2.75) is 4.90 Å². The Kier molecular flexibility index (Phi) is 5.12. The van der Waals surface area contributed by atoms with Crippen molar-refractivity contribution in [3.8, 4) is 22.1 Å². The van der Waals surface area contributed by atoms with Gasteiger partial charge < -0.3 is 9.47 Å². The summed E-state index contributed by atoms with van der Waals surface area (Å²) in [7, 11) is -0.980. The molecule has 0 spiro atoms. The maximum atomic E-state index is 13.0. The van der Waals surface area contributed by atoms with E-state index in [1.165, 1.54) is 20.3 Å². The standard InChI is InChI=1S/C21H18N2O4S2/c1-26-16-10-11-18(27-2)20(13-16)29(24,25)23-15-7-5-6-14(12-15)21-22-17-8-3-4-9-19(17)28-21/h3-13,23H,1-2H3. The SMILES string of the molecule is COc1ccc(OC)c(S(=O)(=O)Nc2cccc(-c3nc4ccccc4s3)c2)c1. The number of anilines is 1. The van der Waals surface area contributed by atoms with Crippen molar-refractivity contribution in [1.29, 1.82) is 0 Å². The number of fused-ring (bicyclic) bond motifs is 1. The van der Waals surface area contributed by atoms with Crippen molar-refractivity contribution in [1.82, 2.24) is 4.98 Å². The third kappa shape index (κ3) is 3.90. The van der Waals surface area contributed by atoms with Crippen LogP contribution in [0.5, 0.6) is 11.5 Å². The van der Waals surface area contributed by atoms with Crippen LogP contribution >= 0.6 is 11.3 Å². The topological polar surface area (TPSA) is 77.5 Å². The van der Waals surface area contributed by atoms with Gasteiger partial charge in [0.05, 0.1) is 24.4 Å². The molecule has 0 bridgehead atoms. The highest BCUT2D eigenvalue weighted by molar-refractivity contribution is 7.92. The molecule has 0 unspecified atom stereocenters. The predicted molar refractivity (Wildman–Crippen MR) is 115 cm³/mol. The lowest BCUT2D eigenvalue weighted by molar-refractivity contribution is 0.392. The number of ether oxygens (including phenoxy) is 2. The number of para-hydroxylation sites is 1. The van der Waals surface area contributed by atoms with E-state index in [0.717, 1.165) is 20.8 Å². The number of methoxy groups -OCH3 is 2. The Morgan fingerprint density at radius 2 is 1.76 bits per heavy atom. The first-order valence-electron chi connectivity index (χ1n) is 8.71. The first kappa shape index (κ1) is 19.2. The molecule has 8 heteroatoms. The second-order valence-electron chi connectivity index (χ2n) is 6.19. The van der Waals surface area contributed by atoms with Crippen LogP contribution < -0.4 is 14.2 Å². The molecule has 1 N–H and O–H groups in total. The van der Waals surface area contributed by atoms with E-state index in [2.05, 4.69) is 9.71 Å². The molecule has 3 aromatic carbocycles. The van der Waals surface area contributed by atoms with Crippen LogP contribution in [0.4, 0.5) is 5.69 Å². The van der Waals surface area contributed by atoms with Crippen molar-refractivity contribution < 1.29 is 17.9 Å². The zero-order valence-electron chi connectivity index (χ0n) is 15.7. The first-order valence-corrected chi connectivity index (χ1v) is 11.0. The molecule has 0 fully saturated rings. The van der Waals surface area contributed by atoms with E-state index < -0.39 is 10.0 Å². The molecule has 4 rings (SSSR count). The van der Waals surface area contributed by atoms with E-state index in [9.17, 15) is 8.42 Å². The van der Waals surface area contributed by atoms with Crippen molar-refractivity contribution in [2.75, 3.05) is 18.9 Å². The molecule has 0 aliphatic carbocycles. The number of sulfonamides is 1. The smallest absolute Gasteiger partial charge is 0.265 e. The summed E-state index contributed by atoms with van der Waals surface area (Å²) >= 11 is 1.56. The van der Waals surface area contributed by atoms with Gasteiger partial charge in [0, 0.05) is 17.3 Å². The highest BCUT2D eigenvalue weighted by atomic mass is 32.2. The normalized spacial score (nSPS) is 11.4. The maximum absolute atomic E-state index is 13.0. The summed E-state index contributed by atoms with van der Waals surface area (Å²) in [6, 6.07) is 19.7. The van der Waals surface area contributed by atoms with E-state index in [0.29, 0.717) is 11.4 Å². The fraction of sp³-hybridized carbons (Fsp3) is 0.0952. The van der Waals surface area contributed by atoms with Gasteiger partial charge in [0.15, 0.2) is 0 Å². The zero-order valence-corrected chi connectivity index (χ0v) is 17.4. The Labute approximate surface area is 172 Å². The largest absolute Gasteiger partial charge is 0.497 e. The van der Waals surface area contributed by atoms with Gasteiger partial charge in [0.25, 0.3) is 10.0 Å². The fourth-order valence-electron chi connectivity index (χ4n) is 2.92. The van der Waals surface area contributed by atoms with Gasteiger partial charge in [0.1, 0.15) is 21.4 Å². The van der Waals surface area contributed by atoms with E-state index in [1.807, 2.05) is 30.3 Å². The molecule has 0 aliphatic heterocycles. The lowest BCUT2D eigenvalue weighted by Crippen LogP contribution is -2.14. The van der Waals surface area contributed by atoms with Gasteiger partial charge in [-0.2, -0.15) is 0 Å². The number of hydrogen-bond donors (Lipinski definition) is 1. The molecule has 0 amide bonds. The highest BCUT2D eigenvalue weighted by Crippen LogP contribution is 2.33. The Balaban J connectivity index is 1.69. The quantitative estimate of drug-likeness (QED) is 0.480. The molecular formula is C21H18N2O4S2. The first-order chi connectivity index (χ1) is 14.0. The van der Waals surface area contributed by atoms with Crippen molar-refractivity contribution >= 4 is 37.3 Å². The summed E-state index contributed by atoms with van der Waals surface area (Å²) in [6.45, 7) is 0. The summed E-state index contributed by atoms with van der Waals surface area (Å²) in [5.41, 5.74) is 2.19. The lowest BCUT2D eigenvalue weighted by atomic mass is 10.2. The van der Waals surface area contributed by atoms with E-state index >= 15 is 0 Å². The van der Waals surface area contributed by atoms with Gasteiger partial charge in [-0.1, -0.05) is 24.3 Å². The third-order valence-corrected chi connectivity index (χ3v) is 6.80. The molecular weight excluding hydrogens is 408 g/mol. The lowest BCUT2D eigenvalue weighted by Gasteiger charge is -2.13. The van der Waals surface area contributed by atoms with Crippen LogP contribution in [0, 0.1) is 0 Å². The van der Waals surface area contributed by atoms with Gasteiger partial charge in [-0.05, 0) is 36.4 Å². The van der Waals surface area contributed by atoms with Crippen LogP contribution in [0.15, 0.2) is 71.6 Å². The van der Waals surface area contributed by atoms with Crippen molar-refractivity contribution in [3.63, 3.8) is 0 Å². The van der Waals surface area contributed by atoms with Crippen molar-refractivity contribution in [2.24, 2.45) is 0 Å². The minimum absolute atomic E-state index is 0.00439.